The standard InChI is InChI=1S/C20H23ClFN3O/c1-24-10-12-25(13-11-24)19(15-4-8-18(22)9-5-15)14-23-20(26)16-2-6-17(21)7-3-16/h2-9,19H,10-14H2,1H3,(H,23,26)/t19-/m0/s1. The first-order valence-electron chi connectivity index (χ1n) is 8.75. The number of likely N-dealkylation sites (N-methyl/N-ethyl adjacent to an activating group) is 1. The van der Waals surface area contributed by atoms with Crippen molar-refractivity contribution in [2.45, 2.75) is 6.04 Å². The summed E-state index contributed by atoms with van der Waals surface area (Å²) in [7, 11) is 2.10. The highest BCUT2D eigenvalue weighted by molar-refractivity contribution is 6.30. The molecule has 138 valence electrons. The number of rotatable bonds is 5. The van der Waals surface area contributed by atoms with Crippen LogP contribution in [0.1, 0.15) is 22.0 Å². The van der Waals surface area contributed by atoms with Gasteiger partial charge in [-0.2, -0.15) is 0 Å². The number of hydrogen-bond donors (Lipinski definition) is 1. The summed E-state index contributed by atoms with van der Waals surface area (Å²) in [5.74, 6) is -0.390. The maximum atomic E-state index is 13.3. The summed E-state index contributed by atoms with van der Waals surface area (Å²) in [6.07, 6.45) is 0. The molecule has 2 aromatic carbocycles. The Balaban J connectivity index is 1.71. The smallest absolute Gasteiger partial charge is 0.251 e. The van der Waals surface area contributed by atoms with Gasteiger partial charge in [0.05, 0.1) is 6.04 Å². The molecule has 0 aromatic heterocycles. The molecule has 1 saturated heterocycles. The van der Waals surface area contributed by atoms with E-state index >= 15 is 0 Å². The van der Waals surface area contributed by atoms with Crippen LogP contribution in [0.15, 0.2) is 48.5 Å². The number of piperazine rings is 1. The molecule has 1 amide bonds. The van der Waals surface area contributed by atoms with E-state index in [0.717, 1.165) is 31.7 Å². The van der Waals surface area contributed by atoms with E-state index < -0.39 is 0 Å². The first-order valence-corrected chi connectivity index (χ1v) is 9.12. The highest BCUT2D eigenvalue weighted by Gasteiger charge is 2.24. The summed E-state index contributed by atoms with van der Waals surface area (Å²) in [4.78, 5) is 17.1. The Morgan fingerprint density at radius 3 is 2.31 bits per heavy atom. The molecule has 2 aromatic rings. The molecule has 1 aliphatic rings. The maximum absolute atomic E-state index is 13.3. The molecular weight excluding hydrogens is 353 g/mol. The zero-order valence-electron chi connectivity index (χ0n) is 14.8. The minimum Gasteiger partial charge on any atom is -0.350 e. The summed E-state index contributed by atoms with van der Waals surface area (Å²) in [5.41, 5.74) is 1.58. The van der Waals surface area contributed by atoms with Crippen molar-refractivity contribution < 1.29 is 9.18 Å². The molecule has 26 heavy (non-hydrogen) atoms. The molecule has 0 spiro atoms. The van der Waals surface area contributed by atoms with E-state index in [9.17, 15) is 9.18 Å². The zero-order valence-corrected chi connectivity index (χ0v) is 15.5. The predicted octanol–water partition coefficient (Wildman–Crippen LogP) is 3.20. The quantitative estimate of drug-likeness (QED) is 0.871. The van der Waals surface area contributed by atoms with Crippen LogP contribution in [0.4, 0.5) is 4.39 Å². The van der Waals surface area contributed by atoms with Gasteiger partial charge in [0.15, 0.2) is 0 Å². The van der Waals surface area contributed by atoms with E-state index in [4.69, 9.17) is 11.6 Å². The van der Waals surface area contributed by atoms with Crippen molar-refractivity contribution in [2.75, 3.05) is 39.8 Å². The van der Waals surface area contributed by atoms with Crippen molar-refractivity contribution in [1.29, 1.82) is 0 Å². The molecule has 1 heterocycles. The summed E-state index contributed by atoms with van der Waals surface area (Å²) < 4.78 is 13.3. The highest BCUT2D eigenvalue weighted by atomic mass is 35.5. The Kier molecular flexibility index (Phi) is 6.25. The van der Waals surface area contributed by atoms with Crippen LogP contribution in [-0.2, 0) is 0 Å². The van der Waals surface area contributed by atoms with E-state index in [-0.39, 0.29) is 17.8 Å². The van der Waals surface area contributed by atoms with E-state index in [1.807, 2.05) is 0 Å². The number of carbonyl (C=O) groups excluding carboxylic acids is 1. The molecule has 1 atom stereocenters. The SMILES string of the molecule is CN1CCN([C@@H](CNC(=O)c2ccc(Cl)cc2)c2ccc(F)cc2)CC1. The molecule has 6 heteroatoms. The Bertz CT molecular complexity index is 728. The largest absolute Gasteiger partial charge is 0.350 e. The van der Waals surface area contributed by atoms with Crippen molar-refractivity contribution in [3.8, 4) is 0 Å². The van der Waals surface area contributed by atoms with E-state index in [0.29, 0.717) is 17.1 Å². The fourth-order valence-corrected chi connectivity index (χ4v) is 3.29. The van der Waals surface area contributed by atoms with Gasteiger partial charge < -0.3 is 10.2 Å². The highest BCUT2D eigenvalue weighted by Crippen LogP contribution is 2.22. The molecule has 1 fully saturated rings. The molecule has 0 bridgehead atoms. The Morgan fingerprint density at radius 1 is 1.08 bits per heavy atom. The number of halogens is 2. The zero-order chi connectivity index (χ0) is 18.5. The van der Waals surface area contributed by atoms with Crippen LogP contribution in [0, 0.1) is 5.82 Å². The molecule has 0 unspecified atom stereocenters. The molecule has 1 N–H and O–H groups in total. The second-order valence-corrected chi connectivity index (χ2v) is 7.06. The van der Waals surface area contributed by atoms with Crippen LogP contribution < -0.4 is 5.32 Å². The number of benzene rings is 2. The first kappa shape index (κ1) is 18.8. The lowest BCUT2D eigenvalue weighted by molar-refractivity contribution is 0.0886. The van der Waals surface area contributed by atoms with Gasteiger partial charge in [0.25, 0.3) is 5.91 Å². The number of amides is 1. The van der Waals surface area contributed by atoms with Gasteiger partial charge >= 0.3 is 0 Å². The molecule has 4 nitrogen and oxygen atoms in total. The van der Waals surface area contributed by atoms with Gasteiger partial charge in [-0.15, -0.1) is 0 Å². The van der Waals surface area contributed by atoms with Crippen LogP contribution in [-0.4, -0.2) is 55.5 Å². The van der Waals surface area contributed by atoms with E-state index in [2.05, 4.69) is 22.2 Å². The second kappa shape index (κ2) is 8.62. The topological polar surface area (TPSA) is 35.6 Å². The molecule has 1 aliphatic heterocycles. The van der Waals surface area contributed by atoms with E-state index in [1.165, 1.54) is 12.1 Å². The molecule has 3 rings (SSSR count). The molecule has 0 aliphatic carbocycles. The summed E-state index contributed by atoms with van der Waals surface area (Å²) in [6, 6.07) is 13.4. The Hall–Kier alpha value is -1.95. The second-order valence-electron chi connectivity index (χ2n) is 6.62. The third kappa shape index (κ3) is 4.81. The lowest BCUT2D eigenvalue weighted by Crippen LogP contribution is -2.48. The number of carbonyl (C=O) groups is 1. The number of nitrogens with zero attached hydrogens (tertiary/aromatic N) is 2. The van der Waals surface area contributed by atoms with Crippen molar-refractivity contribution in [2.24, 2.45) is 0 Å². The monoisotopic (exact) mass is 375 g/mol. The van der Waals surface area contributed by atoms with Gasteiger partial charge in [-0.05, 0) is 49.0 Å². The molecule has 0 radical (unpaired) electrons. The van der Waals surface area contributed by atoms with Gasteiger partial charge in [-0.25, -0.2) is 4.39 Å². The fraction of sp³-hybridized carbons (Fsp3) is 0.350. The molecular formula is C20H23ClFN3O. The summed E-state index contributed by atoms with van der Waals surface area (Å²) in [6.45, 7) is 4.24. The minimum atomic E-state index is -0.254. The van der Waals surface area contributed by atoms with Gasteiger partial charge in [0, 0.05) is 43.3 Å². The molecule has 0 saturated carbocycles. The van der Waals surface area contributed by atoms with Crippen molar-refractivity contribution >= 4 is 17.5 Å². The van der Waals surface area contributed by atoms with Crippen LogP contribution >= 0.6 is 11.6 Å². The predicted molar refractivity (Wildman–Crippen MR) is 102 cm³/mol. The summed E-state index contributed by atoms with van der Waals surface area (Å²) >= 11 is 5.88. The van der Waals surface area contributed by atoms with Gasteiger partial charge in [0.2, 0.25) is 0 Å². The summed E-state index contributed by atoms with van der Waals surface area (Å²) in [5, 5.41) is 3.61. The first-order chi connectivity index (χ1) is 12.5. The Morgan fingerprint density at radius 2 is 1.69 bits per heavy atom. The normalized spacial score (nSPS) is 17.0. The minimum absolute atomic E-state index is 0.0144. The third-order valence-electron chi connectivity index (χ3n) is 4.80. The average molecular weight is 376 g/mol. The van der Waals surface area contributed by atoms with Crippen molar-refractivity contribution in [3.05, 3.63) is 70.5 Å². The average Bonchev–Trinajstić information content (AvgIpc) is 2.65. The van der Waals surface area contributed by atoms with Gasteiger partial charge in [-0.1, -0.05) is 23.7 Å². The Labute approximate surface area is 158 Å². The number of nitrogens with one attached hydrogen (secondary N) is 1. The lowest BCUT2D eigenvalue weighted by atomic mass is 10.0. The van der Waals surface area contributed by atoms with Crippen molar-refractivity contribution in [3.63, 3.8) is 0 Å². The number of hydrogen-bond acceptors (Lipinski definition) is 3. The third-order valence-corrected chi connectivity index (χ3v) is 5.05. The lowest BCUT2D eigenvalue weighted by Gasteiger charge is -2.38. The maximum Gasteiger partial charge on any atom is 0.251 e. The van der Waals surface area contributed by atoms with Crippen LogP contribution in [0.5, 0.6) is 0 Å². The fourth-order valence-electron chi connectivity index (χ4n) is 3.17. The van der Waals surface area contributed by atoms with Crippen molar-refractivity contribution in [1.82, 2.24) is 15.1 Å². The van der Waals surface area contributed by atoms with Gasteiger partial charge in [-0.3, -0.25) is 9.69 Å². The van der Waals surface area contributed by atoms with E-state index in [1.54, 1.807) is 36.4 Å². The van der Waals surface area contributed by atoms with Crippen LogP contribution in [0.3, 0.4) is 0 Å². The van der Waals surface area contributed by atoms with Crippen LogP contribution in [0.25, 0.3) is 0 Å². The van der Waals surface area contributed by atoms with Crippen LogP contribution in [0.2, 0.25) is 5.02 Å². The van der Waals surface area contributed by atoms with Gasteiger partial charge in [0.1, 0.15) is 5.82 Å².